The van der Waals surface area contributed by atoms with E-state index in [1.165, 1.54) is 0 Å². The fourth-order valence-corrected chi connectivity index (χ4v) is 2.46. The van der Waals surface area contributed by atoms with Crippen LogP contribution in [0.1, 0.15) is 24.4 Å². The van der Waals surface area contributed by atoms with Gasteiger partial charge in [0, 0.05) is 12.6 Å². The van der Waals surface area contributed by atoms with Crippen LogP contribution in [0.4, 0.5) is 0 Å². The van der Waals surface area contributed by atoms with Crippen molar-refractivity contribution >= 4 is 8.32 Å². The lowest BCUT2D eigenvalue weighted by Gasteiger charge is -2.20. The first-order valence-electron chi connectivity index (χ1n) is 6.08. The highest BCUT2D eigenvalue weighted by Crippen LogP contribution is 2.21. The first-order valence-corrected chi connectivity index (χ1v) is 9.48. The summed E-state index contributed by atoms with van der Waals surface area (Å²) in [5.41, 5.74) is 7.11. The van der Waals surface area contributed by atoms with Crippen molar-refractivity contribution in [2.75, 3.05) is 6.61 Å². The SMILES string of the molecule is C[Si](C)(C)Oc1ccc([C@H](N)CCCO)cc1. The van der Waals surface area contributed by atoms with Crippen molar-refractivity contribution in [2.24, 2.45) is 5.73 Å². The minimum absolute atomic E-state index is 0.00285. The van der Waals surface area contributed by atoms with Gasteiger partial charge in [0.15, 0.2) is 0 Å². The van der Waals surface area contributed by atoms with Gasteiger partial charge < -0.3 is 15.3 Å². The first-order chi connectivity index (χ1) is 7.92. The van der Waals surface area contributed by atoms with Crippen LogP contribution < -0.4 is 10.2 Å². The number of hydrogen-bond acceptors (Lipinski definition) is 3. The molecule has 0 bridgehead atoms. The largest absolute Gasteiger partial charge is 0.544 e. The second-order valence-electron chi connectivity index (χ2n) is 5.26. The van der Waals surface area contributed by atoms with E-state index in [9.17, 15) is 0 Å². The van der Waals surface area contributed by atoms with E-state index in [1.54, 1.807) is 0 Å². The summed E-state index contributed by atoms with van der Waals surface area (Å²) in [4.78, 5) is 0. The quantitative estimate of drug-likeness (QED) is 0.766. The molecule has 1 aromatic rings. The monoisotopic (exact) mass is 253 g/mol. The van der Waals surface area contributed by atoms with Crippen LogP contribution in [0.2, 0.25) is 19.6 Å². The summed E-state index contributed by atoms with van der Waals surface area (Å²) in [7, 11) is -1.53. The van der Waals surface area contributed by atoms with Crippen molar-refractivity contribution in [2.45, 2.75) is 38.5 Å². The van der Waals surface area contributed by atoms with E-state index in [-0.39, 0.29) is 12.6 Å². The maximum absolute atomic E-state index is 8.76. The Balaban J connectivity index is 2.61. The second-order valence-corrected chi connectivity index (χ2v) is 9.68. The molecule has 0 aliphatic carbocycles. The van der Waals surface area contributed by atoms with Crippen LogP contribution in [0, 0.1) is 0 Å². The molecule has 0 aliphatic rings. The second kappa shape index (κ2) is 6.19. The molecule has 17 heavy (non-hydrogen) atoms. The van der Waals surface area contributed by atoms with Crippen LogP contribution >= 0.6 is 0 Å². The highest BCUT2D eigenvalue weighted by Gasteiger charge is 2.16. The van der Waals surface area contributed by atoms with E-state index >= 15 is 0 Å². The molecule has 0 radical (unpaired) electrons. The minimum Gasteiger partial charge on any atom is -0.544 e. The minimum atomic E-state index is -1.53. The summed E-state index contributed by atoms with van der Waals surface area (Å²) in [6.07, 6.45) is 1.55. The van der Waals surface area contributed by atoms with E-state index in [4.69, 9.17) is 15.3 Å². The van der Waals surface area contributed by atoms with Crippen LogP contribution in [0.3, 0.4) is 0 Å². The number of benzene rings is 1. The van der Waals surface area contributed by atoms with E-state index in [0.717, 1.165) is 24.2 Å². The smallest absolute Gasteiger partial charge is 0.242 e. The van der Waals surface area contributed by atoms with Gasteiger partial charge in [0.25, 0.3) is 0 Å². The Bertz CT molecular complexity index is 332. The zero-order valence-corrected chi connectivity index (χ0v) is 11.9. The molecule has 0 unspecified atom stereocenters. The molecule has 3 N–H and O–H groups in total. The Labute approximate surface area is 105 Å². The van der Waals surface area contributed by atoms with Gasteiger partial charge in [0.05, 0.1) is 0 Å². The molecule has 1 rings (SSSR count). The molecule has 3 nitrogen and oxygen atoms in total. The normalized spacial score (nSPS) is 13.5. The standard InChI is InChI=1S/C13H23NO2Si/c1-17(2,3)16-12-8-6-11(7-9-12)13(14)5-4-10-15/h6-9,13,15H,4-5,10,14H2,1-3H3/t13-/m1/s1. The van der Waals surface area contributed by atoms with Crippen LogP contribution in [0.25, 0.3) is 0 Å². The maximum atomic E-state index is 8.76. The molecule has 1 aromatic carbocycles. The number of rotatable bonds is 6. The van der Waals surface area contributed by atoms with Crippen molar-refractivity contribution in [3.63, 3.8) is 0 Å². The fourth-order valence-electron chi connectivity index (χ4n) is 1.61. The topological polar surface area (TPSA) is 55.5 Å². The van der Waals surface area contributed by atoms with Gasteiger partial charge in [0.1, 0.15) is 5.75 Å². The average molecular weight is 253 g/mol. The lowest BCUT2D eigenvalue weighted by atomic mass is 10.0. The van der Waals surface area contributed by atoms with Crippen LogP contribution in [0.5, 0.6) is 5.75 Å². The molecule has 0 heterocycles. The summed E-state index contributed by atoms with van der Waals surface area (Å²) in [5.74, 6) is 0.919. The molecule has 96 valence electrons. The summed E-state index contributed by atoms with van der Waals surface area (Å²) in [6.45, 7) is 6.68. The van der Waals surface area contributed by atoms with Crippen LogP contribution in [0.15, 0.2) is 24.3 Å². The maximum Gasteiger partial charge on any atom is 0.242 e. The zero-order chi connectivity index (χ0) is 12.9. The number of aliphatic hydroxyl groups excluding tert-OH is 1. The van der Waals surface area contributed by atoms with E-state index in [2.05, 4.69) is 19.6 Å². The van der Waals surface area contributed by atoms with Crippen molar-refractivity contribution in [1.29, 1.82) is 0 Å². The molecular weight excluding hydrogens is 230 g/mol. The summed E-state index contributed by atoms with van der Waals surface area (Å²) in [6, 6.07) is 7.98. The van der Waals surface area contributed by atoms with Crippen molar-refractivity contribution in [3.05, 3.63) is 29.8 Å². The van der Waals surface area contributed by atoms with Gasteiger partial charge in [-0.05, 0) is 50.2 Å². The Hall–Kier alpha value is -0.843. The van der Waals surface area contributed by atoms with Crippen molar-refractivity contribution < 1.29 is 9.53 Å². The molecule has 0 fully saturated rings. The molecular formula is C13H23NO2Si. The molecule has 0 aliphatic heterocycles. The van der Waals surface area contributed by atoms with Crippen molar-refractivity contribution in [3.8, 4) is 5.75 Å². The predicted molar refractivity (Wildman–Crippen MR) is 73.7 cm³/mol. The molecule has 0 amide bonds. The van der Waals surface area contributed by atoms with Gasteiger partial charge in [-0.15, -0.1) is 0 Å². The first kappa shape index (κ1) is 14.2. The Morgan fingerprint density at radius 3 is 2.29 bits per heavy atom. The van der Waals surface area contributed by atoms with Gasteiger partial charge in [-0.2, -0.15) is 0 Å². The van der Waals surface area contributed by atoms with Gasteiger partial charge >= 0.3 is 0 Å². The van der Waals surface area contributed by atoms with E-state index in [0.29, 0.717) is 0 Å². The number of nitrogens with two attached hydrogens (primary N) is 1. The molecule has 4 heteroatoms. The third-order valence-corrected chi connectivity index (χ3v) is 3.25. The van der Waals surface area contributed by atoms with Crippen LogP contribution in [-0.2, 0) is 0 Å². The molecule has 0 spiro atoms. The lowest BCUT2D eigenvalue weighted by molar-refractivity contribution is 0.280. The highest BCUT2D eigenvalue weighted by molar-refractivity contribution is 6.70. The molecule has 0 saturated heterocycles. The Morgan fingerprint density at radius 1 is 1.24 bits per heavy atom. The number of aliphatic hydroxyl groups is 1. The predicted octanol–water partition coefficient (Wildman–Crippen LogP) is 2.67. The number of hydrogen-bond donors (Lipinski definition) is 2. The zero-order valence-electron chi connectivity index (χ0n) is 10.9. The average Bonchev–Trinajstić information content (AvgIpc) is 2.24. The summed E-state index contributed by atoms with van der Waals surface area (Å²) >= 11 is 0. The summed E-state index contributed by atoms with van der Waals surface area (Å²) in [5, 5.41) is 8.76. The van der Waals surface area contributed by atoms with Gasteiger partial charge in [0.2, 0.25) is 8.32 Å². The van der Waals surface area contributed by atoms with E-state index < -0.39 is 8.32 Å². The van der Waals surface area contributed by atoms with E-state index in [1.807, 2.05) is 24.3 Å². The van der Waals surface area contributed by atoms with Gasteiger partial charge in [-0.1, -0.05) is 12.1 Å². The third-order valence-electron chi connectivity index (χ3n) is 2.41. The Morgan fingerprint density at radius 2 is 1.82 bits per heavy atom. The lowest BCUT2D eigenvalue weighted by Crippen LogP contribution is -2.29. The molecule has 0 aromatic heterocycles. The highest BCUT2D eigenvalue weighted by atomic mass is 28.4. The molecule has 0 saturated carbocycles. The third kappa shape index (κ3) is 5.34. The van der Waals surface area contributed by atoms with Gasteiger partial charge in [-0.3, -0.25) is 0 Å². The van der Waals surface area contributed by atoms with Crippen LogP contribution in [-0.4, -0.2) is 20.0 Å². The van der Waals surface area contributed by atoms with Crippen molar-refractivity contribution in [1.82, 2.24) is 0 Å². The summed E-state index contributed by atoms with van der Waals surface area (Å²) < 4.78 is 5.88. The Kier molecular flexibility index (Phi) is 5.18. The fraction of sp³-hybridized carbons (Fsp3) is 0.538. The van der Waals surface area contributed by atoms with Gasteiger partial charge in [-0.25, -0.2) is 0 Å². The molecule has 1 atom stereocenters.